The van der Waals surface area contributed by atoms with Gasteiger partial charge in [-0.2, -0.15) is 0 Å². The molecule has 3 nitrogen and oxygen atoms in total. The minimum atomic E-state index is -1.10. The summed E-state index contributed by atoms with van der Waals surface area (Å²) in [6, 6.07) is 9.95. The van der Waals surface area contributed by atoms with E-state index in [0.717, 1.165) is 5.56 Å². The molecule has 90 valence electrons. The van der Waals surface area contributed by atoms with Crippen molar-refractivity contribution < 1.29 is 9.05 Å². The molecule has 0 saturated carbocycles. The Bertz CT molecular complexity index is 297. The second-order valence-electron chi connectivity index (χ2n) is 3.61. The minimum absolute atomic E-state index is 0.567. The van der Waals surface area contributed by atoms with Gasteiger partial charge in [0.25, 0.3) is 0 Å². The highest BCUT2D eigenvalue weighted by molar-refractivity contribution is 7.48. The lowest BCUT2D eigenvalue weighted by Gasteiger charge is -2.32. The van der Waals surface area contributed by atoms with E-state index in [0.29, 0.717) is 13.2 Å². The Labute approximate surface area is 98.9 Å². The summed E-state index contributed by atoms with van der Waals surface area (Å²) in [6.07, 6.45) is 0. The summed E-state index contributed by atoms with van der Waals surface area (Å²) < 4.78 is 11.2. The highest BCUT2D eigenvalue weighted by atomic mass is 31.2. The Balaban J connectivity index is 2.88. The van der Waals surface area contributed by atoms with Gasteiger partial charge in [0.1, 0.15) is 5.28 Å². The van der Waals surface area contributed by atoms with Gasteiger partial charge in [-0.05, 0) is 26.3 Å². The Kier molecular flexibility index (Phi) is 5.36. The second kappa shape index (κ2) is 6.31. The Morgan fingerprint density at radius 1 is 1.12 bits per heavy atom. The van der Waals surface area contributed by atoms with Gasteiger partial charge in [-0.15, -0.1) is 0 Å². The van der Waals surface area contributed by atoms with Crippen molar-refractivity contribution in [2.45, 2.75) is 26.1 Å². The van der Waals surface area contributed by atoms with Gasteiger partial charge in [0.15, 0.2) is 8.38 Å². The van der Waals surface area contributed by atoms with Gasteiger partial charge >= 0.3 is 0 Å². The highest BCUT2D eigenvalue weighted by Gasteiger charge is 2.34. The molecule has 1 aromatic carbocycles. The van der Waals surface area contributed by atoms with E-state index >= 15 is 0 Å². The van der Waals surface area contributed by atoms with Gasteiger partial charge in [0, 0.05) is 0 Å². The number of hydrogen-bond donors (Lipinski definition) is 1. The molecule has 0 aliphatic carbocycles. The van der Waals surface area contributed by atoms with Crippen LogP contribution in [0.4, 0.5) is 0 Å². The maximum Gasteiger partial charge on any atom is 0.196 e. The molecule has 0 aliphatic heterocycles. The van der Waals surface area contributed by atoms with Crippen LogP contribution in [0.15, 0.2) is 30.3 Å². The van der Waals surface area contributed by atoms with E-state index in [1.54, 1.807) is 0 Å². The van der Waals surface area contributed by atoms with Gasteiger partial charge in [-0.25, -0.2) is 0 Å². The summed E-state index contributed by atoms with van der Waals surface area (Å²) >= 11 is 0. The van der Waals surface area contributed by atoms with Crippen LogP contribution in [-0.2, 0) is 14.3 Å². The average molecular weight is 241 g/mol. The lowest BCUT2D eigenvalue weighted by Crippen LogP contribution is -2.32. The first-order chi connectivity index (χ1) is 7.62. The van der Waals surface area contributed by atoms with E-state index in [2.05, 4.69) is 0 Å². The van der Waals surface area contributed by atoms with Gasteiger partial charge in [0.2, 0.25) is 0 Å². The summed E-state index contributed by atoms with van der Waals surface area (Å²) in [5.74, 6) is 0. The number of benzene rings is 1. The number of rotatable bonds is 6. The zero-order chi connectivity index (χ0) is 12.0. The fourth-order valence-corrected chi connectivity index (χ4v) is 2.86. The van der Waals surface area contributed by atoms with Crippen molar-refractivity contribution in [2.24, 2.45) is 5.73 Å². The summed E-state index contributed by atoms with van der Waals surface area (Å²) in [5, 5.41) is -0.567. The molecule has 0 bridgehead atoms. The lowest BCUT2D eigenvalue weighted by atomic mass is 10.1. The van der Waals surface area contributed by atoms with Crippen molar-refractivity contribution in [1.82, 2.24) is 0 Å². The van der Waals surface area contributed by atoms with Crippen LogP contribution in [0, 0.1) is 0 Å². The molecule has 0 aromatic heterocycles. The van der Waals surface area contributed by atoms with Gasteiger partial charge in [-0.1, -0.05) is 30.3 Å². The molecule has 0 spiro atoms. The first-order valence-electron chi connectivity index (χ1n) is 5.53. The predicted molar refractivity (Wildman–Crippen MR) is 68.2 cm³/mol. The van der Waals surface area contributed by atoms with Crippen molar-refractivity contribution in [3.05, 3.63) is 35.9 Å². The number of hydrogen-bond acceptors (Lipinski definition) is 3. The Morgan fingerprint density at radius 3 is 2.06 bits per heavy atom. The molecule has 0 saturated heterocycles. The van der Waals surface area contributed by atoms with Crippen molar-refractivity contribution in [1.29, 1.82) is 0 Å². The SMILES string of the molecule is CCOP(OCC)C(C)(N)c1ccccc1. The maximum atomic E-state index is 6.33. The monoisotopic (exact) mass is 241 g/mol. The molecule has 0 fully saturated rings. The van der Waals surface area contributed by atoms with Crippen molar-refractivity contribution in [3.63, 3.8) is 0 Å². The number of nitrogens with two attached hydrogens (primary N) is 1. The molecule has 1 unspecified atom stereocenters. The Morgan fingerprint density at radius 2 is 1.62 bits per heavy atom. The summed E-state index contributed by atoms with van der Waals surface area (Å²) in [5.41, 5.74) is 7.38. The molecule has 0 aliphatic rings. The highest BCUT2D eigenvalue weighted by Crippen LogP contribution is 2.53. The second-order valence-corrected chi connectivity index (χ2v) is 5.57. The molecule has 0 heterocycles. The van der Waals surface area contributed by atoms with Crippen LogP contribution in [0.1, 0.15) is 26.3 Å². The summed E-state index contributed by atoms with van der Waals surface area (Å²) in [4.78, 5) is 0. The average Bonchev–Trinajstić information content (AvgIpc) is 2.30. The zero-order valence-corrected chi connectivity index (χ0v) is 11.0. The third-order valence-corrected chi connectivity index (χ3v) is 4.23. The van der Waals surface area contributed by atoms with E-state index in [1.807, 2.05) is 51.1 Å². The van der Waals surface area contributed by atoms with Gasteiger partial charge < -0.3 is 14.8 Å². The van der Waals surface area contributed by atoms with Crippen LogP contribution in [0.25, 0.3) is 0 Å². The van der Waals surface area contributed by atoms with Gasteiger partial charge in [0.05, 0.1) is 13.2 Å². The van der Waals surface area contributed by atoms with E-state index < -0.39 is 13.7 Å². The molecule has 1 aromatic rings. The third-order valence-electron chi connectivity index (χ3n) is 2.23. The first kappa shape index (κ1) is 13.6. The van der Waals surface area contributed by atoms with E-state index in [1.165, 1.54) is 0 Å². The maximum absolute atomic E-state index is 6.33. The zero-order valence-electron chi connectivity index (χ0n) is 10.1. The van der Waals surface area contributed by atoms with E-state index in [9.17, 15) is 0 Å². The van der Waals surface area contributed by atoms with Crippen molar-refractivity contribution in [2.75, 3.05) is 13.2 Å². The van der Waals surface area contributed by atoms with Crippen molar-refractivity contribution in [3.8, 4) is 0 Å². The van der Waals surface area contributed by atoms with Crippen LogP contribution in [0.3, 0.4) is 0 Å². The van der Waals surface area contributed by atoms with Crippen LogP contribution in [0.2, 0.25) is 0 Å². The van der Waals surface area contributed by atoms with Crippen molar-refractivity contribution >= 4 is 8.38 Å². The molecule has 4 heteroatoms. The smallest absolute Gasteiger partial charge is 0.196 e. The van der Waals surface area contributed by atoms with E-state index in [-0.39, 0.29) is 0 Å². The minimum Gasteiger partial charge on any atom is -0.333 e. The molecular formula is C12H20NO2P. The van der Waals surface area contributed by atoms with Crippen LogP contribution in [-0.4, -0.2) is 13.2 Å². The predicted octanol–water partition coefficient (Wildman–Crippen LogP) is 3.20. The van der Waals surface area contributed by atoms with Gasteiger partial charge in [-0.3, -0.25) is 0 Å². The standard InChI is InChI=1S/C12H20NO2P/c1-4-14-16(15-5-2)12(3,13)11-9-7-6-8-10-11/h6-10H,4-5,13H2,1-3H3. The lowest BCUT2D eigenvalue weighted by molar-refractivity contribution is 0.250. The van der Waals surface area contributed by atoms with E-state index in [4.69, 9.17) is 14.8 Å². The fourth-order valence-electron chi connectivity index (χ4n) is 1.42. The van der Waals surface area contributed by atoms with Crippen LogP contribution >= 0.6 is 8.38 Å². The molecule has 0 radical (unpaired) electrons. The topological polar surface area (TPSA) is 44.5 Å². The molecular weight excluding hydrogens is 221 g/mol. The normalized spacial score (nSPS) is 15.1. The summed E-state index contributed by atoms with van der Waals surface area (Å²) in [6.45, 7) is 7.10. The molecule has 1 rings (SSSR count). The molecule has 2 N–H and O–H groups in total. The van der Waals surface area contributed by atoms with Crippen LogP contribution in [0.5, 0.6) is 0 Å². The third kappa shape index (κ3) is 3.26. The summed E-state index contributed by atoms with van der Waals surface area (Å²) in [7, 11) is -1.10. The molecule has 16 heavy (non-hydrogen) atoms. The molecule has 0 amide bonds. The molecule has 1 atom stereocenters. The Hall–Kier alpha value is -0.470. The first-order valence-corrected chi connectivity index (χ1v) is 6.71. The largest absolute Gasteiger partial charge is 0.333 e. The fraction of sp³-hybridized carbons (Fsp3) is 0.500. The van der Waals surface area contributed by atoms with Crippen LogP contribution < -0.4 is 5.73 Å². The quantitative estimate of drug-likeness (QED) is 0.778.